The Kier molecular flexibility index (Phi) is 5.36. The van der Waals surface area contributed by atoms with Crippen LogP contribution in [-0.4, -0.2) is 16.7 Å². The van der Waals surface area contributed by atoms with Crippen LogP contribution < -0.4 is 5.32 Å². The lowest BCUT2D eigenvalue weighted by molar-refractivity contribution is 0.0939. The van der Waals surface area contributed by atoms with Crippen LogP contribution in [0.2, 0.25) is 0 Å². The number of halogens is 1. The Morgan fingerprint density at radius 2 is 1.56 bits per heavy atom. The molecule has 0 fully saturated rings. The van der Waals surface area contributed by atoms with Crippen molar-refractivity contribution in [2.24, 2.45) is 0 Å². The van der Waals surface area contributed by atoms with Gasteiger partial charge in [0.1, 0.15) is 0 Å². The number of benzene rings is 2. The number of ketones is 1. The highest BCUT2D eigenvalue weighted by molar-refractivity contribution is 9.10. The normalized spacial score (nSPS) is 10.3. The lowest BCUT2D eigenvalue weighted by Crippen LogP contribution is -2.25. The van der Waals surface area contributed by atoms with Gasteiger partial charge >= 0.3 is 0 Å². The van der Waals surface area contributed by atoms with E-state index in [1.165, 1.54) is 0 Å². The second-order valence-electron chi connectivity index (χ2n) is 5.39. The molecule has 5 heteroatoms. The molecule has 0 aliphatic rings. The molecule has 2 aromatic carbocycles. The minimum absolute atomic E-state index is 0.184. The number of amides is 1. The molecule has 0 aliphatic carbocycles. The first-order chi connectivity index (χ1) is 12.1. The van der Waals surface area contributed by atoms with Gasteiger partial charge in [0, 0.05) is 21.8 Å². The fourth-order valence-electron chi connectivity index (χ4n) is 2.40. The summed E-state index contributed by atoms with van der Waals surface area (Å²) in [6, 6.07) is 19.4. The molecule has 3 rings (SSSR count). The first-order valence-corrected chi connectivity index (χ1v) is 8.52. The first-order valence-electron chi connectivity index (χ1n) is 7.72. The van der Waals surface area contributed by atoms with E-state index in [9.17, 15) is 9.59 Å². The summed E-state index contributed by atoms with van der Waals surface area (Å²) in [6.07, 6.45) is 1.67. The average Bonchev–Trinajstić information content (AvgIpc) is 2.67. The van der Waals surface area contributed by atoms with Gasteiger partial charge in [0.2, 0.25) is 0 Å². The van der Waals surface area contributed by atoms with E-state index in [1.54, 1.807) is 54.7 Å². The smallest absolute Gasteiger partial charge is 0.252 e. The number of carbonyl (C=O) groups excluding carboxylic acids is 2. The van der Waals surface area contributed by atoms with Gasteiger partial charge in [-0.1, -0.05) is 40.2 Å². The predicted octanol–water partition coefficient (Wildman–Crippen LogP) is 4.01. The van der Waals surface area contributed by atoms with Gasteiger partial charge in [-0.15, -0.1) is 0 Å². The van der Waals surface area contributed by atoms with Crippen molar-refractivity contribution < 1.29 is 9.59 Å². The van der Waals surface area contributed by atoms with Crippen molar-refractivity contribution in [3.8, 4) is 0 Å². The molecule has 1 heterocycles. The Morgan fingerprint density at radius 3 is 2.24 bits per heavy atom. The zero-order valence-corrected chi connectivity index (χ0v) is 14.9. The Balaban J connectivity index is 1.81. The molecule has 1 N–H and O–H groups in total. The molecule has 0 spiro atoms. The Bertz CT molecular complexity index is 893. The van der Waals surface area contributed by atoms with Crippen molar-refractivity contribution in [3.05, 3.63) is 99.8 Å². The Labute approximate surface area is 154 Å². The third-order valence-corrected chi connectivity index (χ3v) is 4.21. The standard InChI is InChI=1S/C20H15BrN2O2/c21-15-10-8-14(9-11-15)19(24)17-6-1-2-7-18(17)20(25)23-13-16-5-3-4-12-22-16/h1-12H,13H2,(H,23,25). The lowest BCUT2D eigenvalue weighted by atomic mass is 9.98. The second-order valence-corrected chi connectivity index (χ2v) is 6.30. The highest BCUT2D eigenvalue weighted by Crippen LogP contribution is 2.17. The van der Waals surface area contributed by atoms with E-state index < -0.39 is 0 Å². The minimum Gasteiger partial charge on any atom is -0.346 e. The van der Waals surface area contributed by atoms with Gasteiger partial charge in [-0.2, -0.15) is 0 Å². The molecule has 3 aromatic rings. The van der Waals surface area contributed by atoms with Crippen LogP contribution in [0.15, 0.2) is 77.4 Å². The van der Waals surface area contributed by atoms with Crippen molar-refractivity contribution in [1.82, 2.24) is 10.3 Å². The van der Waals surface area contributed by atoms with Crippen LogP contribution in [0.1, 0.15) is 32.0 Å². The zero-order valence-electron chi connectivity index (χ0n) is 13.3. The largest absolute Gasteiger partial charge is 0.346 e. The maximum Gasteiger partial charge on any atom is 0.252 e. The summed E-state index contributed by atoms with van der Waals surface area (Å²) in [5.74, 6) is -0.484. The number of nitrogens with zero attached hydrogens (tertiary/aromatic N) is 1. The summed E-state index contributed by atoms with van der Waals surface area (Å²) in [6.45, 7) is 0.306. The molecular formula is C20H15BrN2O2. The number of carbonyl (C=O) groups is 2. The van der Waals surface area contributed by atoms with Crippen molar-refractivity contribution in [3.63, 3.8) is 0 Å². The van der Waals surface area contributed by atoms with E-state index >= 15 is 0 Å². The summed E-state index contributed by atoms with van der Waals surface area (Å²) in [5.41, 5.74) is 2.02. The molecule has 25 heavy (non-hydrogen) atoms. The van der Waals surface area contributed by atoms with E-state index in [0.717, 1.165) is 10.2 Å². The van der Waals surface area contributed by atoms with Crippen LogP contribution in [0.5, 0.6) is 0 Å². The summed E-state index contributed by atoms with van der Waals surface area (Å²) < 4.78 is 0.894. The number of aromatic nitrogens is 1. The molecule has 1 amide bonds. The van der Waals surface area contributed by atoms with E-state index in [1.807, 2.05) is 18.2 Å². The number of nitrogens with one attached hydrogen (secondary N) is 1. The third kappa shape index (κ3) is 4.19. The summed E-state index contributed by atoms with van der Waals surface area (Å²) >= 11 is 3.35. The van der Waals surface area contributed by atoms with Gasteiger partial charge in [0.05, 0.1) is 17.8 Å². The number of hydrogen-bond donors (Lipinski definition) is 1. The molecule has 0 radical (unpaired) electrons. The van der Waals surface area contributed by atoms with Crippen LogP contribution in [-0.2, 0) is 6.54 Å². The maximum atomic E-state index is 12.7. The molecule has 0 bridgehead atoms. The van der Waals surface area contributed by atoms with Gasteiger partial charge in [-0.05, 0) is 42.5 Å². The monoisotopic (exact) mass is 394 g/mol. The van der Waals surface area contributed by atoms with Gasteiger partial charge < -0.3 is 5.32 Å². The summed E-state index contributed by atoms with van der Waals surface area (Å²) in [5, 5.41) is 2.81. The average molecular weight is 395 g/mol. The highest BCUT2D eigenvalue weighted by atomic mass is 79.9. The second kappa shape index (κ2) is 7.85. The Morgan fingerprint density at radius 1 is 0.880 bits per heavy atom. The highest BCUT2D eigenvalue weighted by Gasteiger charge is 2.17. The molecule has 124 valence electrons. The van der Waals surface area contributed by atoms with Crippen LogP contribution >= 0.6 is 15.9 Å². The van der Waals surface area contributed by atoms with Crippen LogP contribution in [0, 0.1) is 0 Å². The maximum absolute atomic E-state index is 12.7. The number of pyridine rings is 1. The molecule has 1 aromatic heterocycles. The van der Waals surface area contributed by atoms with Crippen molar-refractivity contribution in [1.29, 1.82) is 0 Å². The minimum atomic E-state index is -0.299. The van der Waals surface area contributed by atoms with Crippen molar-refractivity contribution >= 4 is 27.6 Å². The van der Waals surface area contributed by atoms with Crippen molar-refractivity contribution in [2.45, 2.75) is 6.54 Å². The first kappa shape index (κ1) is 17.0. The SMILES string of the molecule is O=C(NCc1ccccn1)c1ccccc1C(=O)c1ccc(Br)cc1. The van der Waals surface area contributed by atoms with Gasteiger partial charge in [-0.3, -0.25) is 14.6 Å². The number of rotatable bonds is 5. The van der Waals surface area contributed by atoms with Gasteiger partial charge in [0.15, 0.2) is 5.78 Å². The van der Waals surface area contributed by atoms with Crippen LogP contribution in [0.3, 0.4) is 0 Å². The van der Waals surface area contributed by atoms with E-state index in [0.29, 0.717) is 23.2 Å². The van der Waals surface area contributed by atoms with Crippen molar-refractivity contribution in [2.75, 3.05) is 0 Å². The molecule has 0 unspecified atom stereocenters. The van der Waals surface area contributed by atoms with Crippen LogP contribution in [0.25, 0.3) is 0 Å². The molecule has 0 atom stereocenters. The quantitative estimate of drug-likeness (QED) is 0.665. The fourth-order valence-corrected chi connectivity index (χ4v) is 2.67. The van der Waals surface area contributed by atoms with E-state index in [2.05, 4.69) is 26.2 Å². The molecule has 0 saturated heterocycles. The number of hydrogen-bond acceptors (Lipinski definition) is 3. The van der Waals surface area contributed by atoms with Gasteiger partial charge in [-0.25, -0.2) is 0 Å². The molecule has 0 saturated carbocycles. The third-order valence-electron chi connectivity index (χ3n) is 3.68. The van der Waals surface area contributed by atoms with E-state index in [4.69, 9.17) is 0 Å². The van der Waals surface area contributed by atoms with E-state index in [-0.39, 0.29) is 11.7 Å². The Hall–Kier alpha value is -2.79. The fraction of sp³-hybridized carbons (Fsp3) is 0.0500. The molecule has 4 nitrogen and oxygen atoms in total. The zero-order chi connectivity index (χ0) is 17.6. The van der Waals surface area contributed by atoms with Gasteiger partial charge in [0.25, 0.3) is 5.91 Å². The summed E-state index contributed by atoms with van der Waals surface area (Å²) in [4.78, 5) is 29.5. The molecule has 0 aliphatic heterocycles. The lowest BCUT2D eigenvalue weighted by Gasteiger charge is -2.09. The molecular weight excluding hydrogens is 380 g/mol. The topological polar surface area (TPSA) is 59.1 Å². The summed E-state index contributed by atoms with van der Waals surface area (Å²) in [7, 11) is 0. The van der Waals surface area contributed by atoms with Crippen LogP contribution in [0.4, 0.5) is 0 Å². The predicted molar refractivity (Wildman–Crippen MR) is 99.4 cm³/mol.